The summed E-state index contributed by atoms with van der Waals surface area (Å²) in [5, 5.41) is 9.76. The Morgan fingerprint density at radius 3 is 2.76 bits per heavy atom. The second kappa shape index (κ2) is 5.38. The first kappa shape index (κ1) is 13.8. The minimum Gasteiger partial charge on any atom is -0.462 e. The van der Waals surface area contributed by atoms with Gasteiger partial charge in [0.05, 0.1) is 22.8 Å². The van der Waals surface area contributed by atoms with E-state index in [1.807, 2.05) is 0 Å². The number of rotatable bonds is 4. The van der Waals surface area contributed by atoms with Crippen LogP contribution in [0.25, 0.3) is 0 Å². The quantitative estimate of drug-likeness (QED) is 0.641. The summed E-state index contributed by atoms with van der Waals surface area (Å²) in [5.74, 6) is -0.536. The van der Waals surface area contributed by atoms with Crippen molar-refractivity contribution in [2.24, 2.45) is 0 Å². The monoisotopic (exact) mass is 257 g/mol. The normalized spacial score (nSPS) is 11.3. The summed E-state index contributed by atoms with van der Waals surface area (Å²) in [6.45, 7) is 3.43. The van der Waals surface area contributed by atoms with Crippen molar-refractivity contribution in [2.75, 3.05) is 12.3 Å². The third-order valence-electron chi connectivity index (χ3n) is 2.16. The number of nitrogen functional groups attached to an aromatic ring is 1. The number of halogens is 1. The van der Waals surface area contributed by atoms with Crippen LogP contribution < -0.4 is 5.73 Å². The van der Waals surface area contributed by atoms with E-state index in [0.717, 1.165) is 0 Å². The highest BCUT2D eigenvalue weighted by atomic mass is 35.5. The largest absolute Gasteiger partial charge is 0.462 e. The van der Waals surface area contributed by atoms with Crippen LogP contribution in [-0.4, -0.2) is 23.3 Å². The Labute approximate surface area is 105 Å². The Morgan fingerprint density at radius 1 is 1.53 bits per heavy atom. The number of nitrogens with two attached hydrogens (primary N) is 1. The van der Waals surface area contributed by atoms with Gasteiger partial charge in [-0.25, -0.2) is 4.79 Å². The highest BCUT2D eigenvalue weighted by Gasteiger charge is 2.16. The summed E-state index contributed by atoms with van der Waals surface area (Å²) in [6.07, 6.45) is 0.360. The Morgan fingerprint density at radius 2 is 2.18 bits per heavy atom. The number of carbonyl (C=O) groups excluding carboxylic acids is 1. The molecule has 1 aromatic rings. The van der Waals surface area contributed by atoms with Crippen molar-refractivity contribution in [3.05, 3.63) is 28.8 Å². The second-order valence-electron chi connectivity index (χ2n) is 4.44. The van der Waals surface area contributed by atoms with Gasteiger partial charge in [0.1, 0.15) is 0 Å². The zero-order valence-corrected chi connectivity index (χ0v) is 10.6. The van der Waals surface area contributed by atoms with Gasteiger partial charge in [0.2, 0.25) is 0 Å². The van der Waals surface area contributed by atoms with E-state index in [1.54, 1.807) is 26.0 Å². The van der Waals surface area contributed by atoms with E-state index in [9.17, 15) is 9.90 Å². The van der Waals surface area contributed by atoms with Gasteiger partial charge in [0.25, 0.3) is 0 Å². The summed E-state index contributed by atoms with van der Waals surface area (Å²) >= 11 is 5.85. The molecule has 0 fully saturated rings. The van der Waals surface area contributed by atoms with Gasteiger partial charge in [-0.1, -0.05) is 11.6 Å². The zero-order valence-electron chi connectivity index (χ0n) is 9.87. The Kier molecular flexibility index (Phi) is 4.37. The van der Waals surface area contributed by atoms with Crippen molar-refractivity contribution >= 4 is 23.3 Å². The van der Waals surface area contributed by atoms with Crippen LogP contribution in [0.2, 0.25) is 5.02 Å². The Hall–Kier alpha value is -1.26. The molecule has 0 aliphatic heterocycles. The Bertz CT molecular complexity index is 413. The SMILES string of the molecule is CC(C)(O)CCOC(=O)c1cc(N)ccc1Cl. The van der Waals surface area contributed by atoms with Crippen molar-refractivity contribution in [2.45, 2.75) is 25.9 Å². The molecular formula is C12H16ClNO3. The molecule has 0 saturated heterocycles. The number of benzene rings is 1. The lowest BCUT2D eigenvalue weighted by Gasteiger charge is -2.16. The third-order valence-corrected chi connectivity index (χ3v) is 2.49. The Balaban J connectivity index is 2.61. The maximum absolute atomic E-state index is 11.7. The first-order valence-corrected chi connectivity index (χ1v) is 5.62. The van der Waals surface area contributed by atoms with Crippen LogP contribution in [0.1, 0.15) is 30.6 Å². The van der Waals surface area contributed by atoms with Crippen LogP contribution >= 0.6 is 11.6 Å². The maximum atomic E-state index is 11.7. The van der Waals surface area contributed by atoms with E-state index < -0.39 is 11.6 Å². The number of anilines is 1. The van der Waals surface area contributed by atoms with Crippen LogP contribution in [0.15, 0.2) is 18.2 Å². The predicted molar refractivity (Wildman–Crippen MR) is 67.1 cm³/mol. The maximum Gasteiger partial charge on any atom is 0.339 e. The van der Waals surface area contributed by atoms with Crippen molar-refractivity contribution in [3.63, 3.8) is 0 Å². The minimum absolute atomic E-state index is 0.132. The molecule has 1 rings (SSSR count). The van der Waals surface area contributed by atoms with Crippen molar-refractivity contribution in [3.8, 4) is 0 Å². The molecule has 1 aromatic carbocycles. The highest BCUT2D eigenvalue weighted by molar-refractivity contribution is 6.33. The molecule has 0 unspecified atom stereocenters. The molecule has 0 aliphatic rings. The van der Waals surface area contributed by atoms with Gasteiger partial charge in [0.15, 0.2) is 0 Å². The van der Waals surface area contributed by atoms with Crippen molar-refractivity contribution < 1.29 is 14.6 Å². The number of hydrogen-bond acceptors (Lipinski definition) is 4. The average Bonchev–Trinajstić information content (AvgIpc) is 2.19. The fraction of sp³-hybridized carbons (Fsp3) is 0.417. The molecule has 0 aromatic heterocycles. The van der Waals surface area contributed by atoms with Gasteiger partial charge >= 0.3 is 5.97 Å². The van der Waals surface area contributed by atoms with E-state index in [4.69, 9.17) is 22.1 Å². The molecule has 0 bridgehead atoms. The van der Waals surface area contributed by atoms with E-state index in [1.165, 1.54) is 6.07 Å². The summed E-state index contributed by atoms with van der Waals surface area (Å²) in [7, 11) is 0. The molecule has 3 N–H and O–H groups in total. The van der Waals surface area contributed by atoms with Gasteiger partial charge < -0.3 is 15.6 Å². The number of aliphatic hydroxyl groups is 1. The summed E-state index contributed by atoms with van der Waals surface area (Å²) in [5.41, 5.74) is 5.38. The van der Waals surface area contributed by atoms with Crippen LogP contribution in [-0.2, 0) is 4.74 Å². The summed E-state index contributed by atoms with van der Waals surface area (Å²) < 4.78 is 5.00. The molecule has 0 aliphatic carbocycles. The van der Waals surface area contributed by atoms with Gasteiger partial charge in [0, 0.05) is 12.1 Å². The standard InChI is InChI=1S/C12H16ClNO3/c1-12(2,16)5-6-17-11(15)9-7-8(14)3-4-10(9)13/h3-4,7,16H,5-6,14H2,1-2H3. The fourth-order valence-electron chi connectivity index (χ4n) is 1.17. The van der Waals surface area contributed by atoms with Crippen LogP contribution in [0.4, 0.5) is 5.69 Å². The van der Waals surface area contributed by atoms with Crippen LogP contribution in [0.5, 0.6) is 0 Å². The van der Waals surface area contributed by atoms with Gasteiger partial charge in [-0.05, 0) is 32.0 Å². The number of ether oxygens (including phenoxy) is 1. The molecule has 0 atom stereocenters. The smallest absolute Gasteiger partial charge is 0.339 e. The number of carbonyl (C=O) groups is 1. The van der Waals surface area contributed by atoms with E-state index in [2.05, 4.69) is 0 Å². The zero-order chi connectivity index (χ0) is 13.1. The third kappa shape index (κ3) is 4.63. The van der Waals surface area contributed by atoms with Crippen molar-refractivity contribution in [1.29, 1.82) is 0 Å². The predicted octanol–water partition coefficient (Wildman–Crippen LogP) is 2.24. The fourth-order valence-corrected chi connectivity index (χ4v) is 1.37. The lowest BCUT2D eigenvalue weighted by atomic mass is 10.1. The van der Waals surface area contributed by atoms with E-state index >= 15 is 0 Å². The summed E-state index contributed by atoms with van der Waals surface area (Å²) in [4.78, 5) is 11.7. The first-order valence-electron chi connectivity index (χ1n) is 5.24. The summed E-state index contributed by atoms with van der Waals surface area (Å²) in [6, 6.07) is 4.62. The molecule has 0 radical (unpaired) electrons. The topological polar surface area (TPSA) is 72.5 Å². The molecule has 0 saturated carbocycles. The van der Waals surface area contributed by atoms with Crippen LogP contribution in [0.3, 0.4) is 0 Å². The first-order chi connectivity index (χ1) is 7.79. The van der Waals surface area contributed by atoms with Gasteiger partial charge in [-0.3, -0.25) is 0 Å². The molecule has 17 heavy (non-hydrogen) atoms. The van der Waals surface area contributed by atoms with Crippen LogP contribution in [0, 0.1) is 0 Å². The highest BCUT2D eigenvalue weighted by Crippen LogP contribution is 2.20. The van der Waals surface area contributed by atoms with Gasteiger partial charge in [-0.15, -0.1) is 0 Å². The lowest BCUT2D eigenvalue weighted by molar-refractivity contribution is 0.0244. The molecule has 94 valence electrons. The van der Waals surface area contributed by atoms with Crippen molar-refractivity contribution in [1.82, 2.24) is 0 Å². The van der Waals surface area contributed by atoms with E-state index in [0.29, 0.717) is 17.1 Å². The van der Waals surface area contributed by atoms with Gasteiger partial charge in [-0.2, -0.15) is 0 Å². The molecule has 0 heterocycles. The molecule has 0 spiro atoms. The average molecular weight is 258 g/mol. The lowest BCUT2D eigenvalue weighted by Crippen LogP contribution is -2.22. The molecule has 5 heteroatoms. The molecular weight excluding hydrogens is 242 g/mol. The number of hydrogen-bond donors (Lipinski definition) is 2. The minimum atomic E-state index is -0.861. The second-order valence-corrected chi connectivity index (χ2v) is 4.84. The van der Waals surface area contributed by atoms with E-state index in [-0.39, 0.29) is 12.2 Å². The molecule has 4 nitrogen and oxygen atoms in total. The number of esters is 1. The molecule has 0 amide bonds.